The van der Waals surface area contributed by atoms with E-state index in [9.17, 15) is 30.3 Å². The summed E-state index contributed by atoms with van der Waals surface area (Å²) in [7, 11) is -6.19. The van der Waals surface area contributed by atoms with Crippen LogP contribution in [0.2, 0.25) is 0 Å². The lowest BCUT2D eigenvalue weighted by molar-refractivity contribution is -0.133. The molecule has 66 valence electrons. The van der Waals surface area contributed by atoms with E-state index in [2.05, 4.69) is 0 Å². The average molecular weight is 194 g/mol. The van der Waals surface area contributed by atoms with Crippen LogP contribution in [0.1, 0.15) is 6.42 Å². The zero-order chi connectivity index (χ0) is 9.28. The van der Waals surface area contributed by atoms with Crippen LogP contribution in [0.5, 0.6) is 0 Å². The minimum absolute atomic E-state index is 2.29. The zero-order valence-electron chi connectivity index (χ0n) is 4.85. The van der Waals surface area contributed by atoms with E-state index in [1.165, 1.54) is 0 Å². The van der Waals surface area contributed by atoms with Crippen LogP contribution in [0.25, 0.3) is 0 Å². The van der Waals surface area contributed by atoms with Crippen LogP contribution in [-0.4, -0.2) is 19.7 Å². The Labute approximate surface area is 59.2 Å². The predicted molar refractivity (Wildman–Crippen MR) is 25.7 cm³/mol. The summed E-state index contributed by atoms with van der Waals surface area (Å²) >= 11 is 0. The van der Waals surface area contributed by atoms with Gasteiger partial charge < -0.3 is 0 Å². The molecule has 0 bridgehead atoms. The van der Waals surface area contributed by atoms with Gasteiger partial charge in [-0.2, -0.15) is 21.6 Å². The topological polar surface area (TPSA) is 51.2 Å². The number of hydrogen-bond acceptors (Lipinski definition) is 3. The van der Waals surface area contributed by atoms with Gasteiger partial charge in [-0.25, -0.2) is 0 Å². The Morgan fingerprint density at radius 1 is 1.36 bits per heavy atom. The van der Waals surface area contributed by atoms with Crippen molar-refractivity contribution in [1.29, 1.82) is 0 Å². The number of carbonyl (C=O) groups is 1. The Morgan fingerprint density at radius 3 is 1.82 bits per heavy atom. The summed E-state index contributed by atoms with van der Waals surface area (Å²) in [5.74, 6) is 0. The number of carbonyl (C=O) groups excluding carboxylic acids is 1. The van der Waals surface area contributed by atoms with Crippen molar-refractivity contribution in [2.75, 3.05) is 0 Å². The third-order valence-corrected chi connectivity index (χ3v) is 1.56. The first-order valence-corrected chi connectivity index (χ1v) is 3.55. The number of halogens is 4. The van der Waals surface area contributed by atoms with Crippen molar-refractivity contribution in [3.8, 4) is 0 Å². The molecule has 0 aromatic heterocycles. The molecule has 0 rings (SSSR count). The normalized spacial score (nSPS) is 13.1. The molecule has 0 radical (unpaired) electrons. The van der Waals surface area contributed by atoms with Gasteiger partial charge in [0.15, 0.2) is 0 Å². The standard InChI is InChI=1S/C3H2F4O3S/c4-2(8)1-3(5,6)11(7,9)10/h1H2. The highest BCUT2D eigenvalue weighted by molar-refractivity contribution is 7.87. The largest absolute Gasteiger partial charge is 0.383 e. The van der Waals surface area contributed by atoms with E-state index < -0.39 is 27.9 Å². The van der Waals surface area contributed by atoms with E-state index in [-0.39, 0.29) is 0 Å². The molecule has 0 atom stereocenters. The van der Waals surface area contributed by atoms with Crippen LogP contribution < -0.4 is 0 Å². The summed E-state index contributed by atoms with van der Waals surface area (Å²) in [4.78, 5) is 9.33. The van der Waals surface area contributed by atoms with Crippen LogP contribution >= 0.6 is 0 Å². The summed E-state index contributed by atoms with van der Waals surface area (Å²) in [6, 6.07) is -2.59. The minimum Gasteiger partial charge on any atom is -0.261 e. The van der Waals surface area contributed by atoms with Gasteiger partial charge in [-0.1, -0.05) is 3.89 Å². The number of alkyl halides is 2. The smallest absolute Gasteiger partial charge is 0.261 e. The van der Waals surface area contributed by atoms with E-state index in [0.717, 1.165) is 0 Å². The van der Waals surface area contributed by atoms with Gasteiger partial charge in [-0.05, 0) is 0 Å². The first-order valence-electron chi connectivity index (χ1n) is 2.17. The molecule has 0 aliphatic heterocycles. The lowest BCUT2D eigenvalue weighted by atomic mass is 10.5. The van der Waals surface area contributed by atoms with Gasteiger partial charge in [0, 0.05) is 0 Å². The molecular weight excluding hydrogens is 192 g/mol. The lowest BCUT2D eigenvalue weighted by Crippen LogP contribution is -2.27. The molecule has 3 nitrogen and oxygen atoms in total. The van der Waals surface area contributed by atoms with Crippen LogP contribution in [0.4, 0.5) is 17.1 Å². The second kappa shape index (κ2) is 2.76. The fourth-order valence-electron chi connectivity index (χ4n) is 0.248. The highest BCUT2D eigenvalue weighted by Crippen LogP contribution is 2.27. The second-order valence-corrected chi connectivity index (χ2v) is 3.08. The van der Waals surface area contributed by atoms with Crippen molar-refractivity contribution in [2.24, 2.45) is 0 Å². The molecule has 0 N–H and O–H groups in total. The summed E-state index contributed by atoms with van der Waals surface area (Å²) in [6.07, 6.45) is -2.29. The van der Waals surface area contributed by atoms with Gasteiger partial charge in [0.05, 0.1) is 0 Å². The molecule has 0 spiro atoms. The monoisotopic (exact) mass is 194 g/mol. The molecule has 0 aromatic rings. The Hall–Kier alpha value is -0.660. The molecule has 0 aliphatic carbocycles. The van der Waals surface area contributed by atoms with E-state index in [1.807, 2.05) is 0 Å². The molecule has 0 saturated heterocycles. The Bertz CT molecular complexity index is 256. The molecule has 8 heteroatoms. The maximum Gasteiger partial charge on any atom is 0.383 e. The number of hydrogen-bond donors (Lipinski definition) is 0. The first-order chi connectivity index (χ1) is 4.67. The molecule has 0 aromatic carbocycles. The molecule has 0 saturated carbocycles. The van der Waals surface area contributed by atoms with Crippen molar-refractivity contribution >= 4 is 16.3 Å². The zero-order valence-corrected chi connectivity index (χ0v) is 5.67. The van der Waals surface area contributed by atoms with Gasteiger partial charge in [0.25, 0.3) is 0 Å². The Kier molecular flexibility index (Phi) is 2.60. The molecule has 11 heavy (non-hydrogen) atoms. The van der Waals surface area contributed by atoms with Crippen molar-refractivity contribution < 1.29 is 30.3 Å². The van der Waals surface area contributed by atoms with Gasteiger partial charge in [-0.15, -0.1) is 0 Å². The van der Waals surface area contributed by atoms with Crippen molar-refractivity contribution in [2.45, 2.75) is 11.7 Å². The van der Waals surface area contributed by atoms with Gasteiger partial charge in [-0.3, -0.25) is 4.79 Å². The van der Waals surface area contributed by atoms with Gasteiger partial charge in [0.2, 0.25) is 0 Å². The Morgan fingerprint density at radius 2 is 1.73 bits per heavy atom. The van der Waals surface area contributed by atoms with Gasteiger partial charge >= 0.3 is 21.5 Å². The van der Waals surface area contributed by atoms with Crippen LogP contribution in [0.3, 0.4) is 0 Å². The highest BCUT2D eigenvalue weighted by Gasteiger charge is 2.47. The second-order valence-electron chi connectivity index (χ2n) is 1.61. The summed E-state index contributed by atoms with van der Waals surface area (Å²) in [6.45, 7) is 0. The molecule has 0 fully saturated rings. The van der Waals surface area contributed by atoms with Crippen LogP contribution in [0, 0.1) is 0 Å². The summed E-state index contributed by atoms with van der Waals surface area (Å²) in [5, 5.41) is -4.96. The molecule has 0 heterocycles. The van der Waals surface area contributed by atoms with Gasteiger partial charge in [0.1, 0.15) is 6.42 Å². The van der Waals surface area contributed by atoms with Crippen molar-refractivity contribution in [3.05, 3.63) is 0 Å². The molecule has 0 aliphatic rings. The van der Waals surface area contributed by atoms with E-state index in [4.69, 9.17) is 0 Å². The van der Waals surface area contributed by atoms with Crippen molar-refractivity contribution in [1.82, 2.24) is 0 Å². The molecule has 0 amide bonds. The van der Waals surface area contributed by atoms with E-state index >= 15 is 0 Å². The number of rotatable bonds is 3. The molecular formula is C3H2F4O3S. The lowest BCUT2D eigenvalue weighted by Gasteiger charge is -2.06. The van der Waals surface area contributed by atoms with Crippen LogP contribution in [-0.2, 0) is 15.0 Å². The van der Waals surface area contributed by atoms with Crippen molar-refractivity contribution in [3.63, 3.8) is 0 Å². The fourth-order valence-corrected chi connectivity index (χ4v) is 0.534. The third-order valence-electron chi connectivity index (χ3n) is 0.701. The quantitative estimate of drug-likeness (QED) is 0.492. The van der Waals surface area contributed by atoms with Crippen LogP contribution in [0.15, 0.2) is 0 Å². The van der Waals surface area contributed by atoms with E-state index in [0.29, 0.717) is 0 Å². The molecule has 0 unspecified atom stereocenters. The SMILES string of the molecule is O=C(F)CC(F)(F)S(=O)(=O)F. The third kappa shape index (κ3) is 2.83. The average Bonchev–Trinajstić information content (AvgIpc) is 1.56. The predicted octanol–water partition coefficient (Wildman–Crippen LogP) is 0.765. The summed E-state index contributed by atoms with van der Waals surface area (Å²) < 4.78 is 65.0. The maximum absolute atomic E-state index is 11.8. The first kappa shape index (κ1) is 10.3. The Balaban J connectivity index is 4.62. The summed E-state index contributed by atoms with van der Waals surface area (Å²) in [5.41, 5.74) is 0. The van der Waals surface area contributed by atoms with E-state index in [1.54, 1.807) is 0 Å². The fraction of sp³-hybridized carbons (Fsp3) is 0.667. The minimum atomic E-state index is -6.19. The highest BCUT2D eigenvalue weighted by atomic mass is 32.3. The maximum atomic E-state index is 11.8.